The summed E-state index contributed by atoms with van der Waals surface area (Å²) in [5.41, 5.74) is 5.27. The van der Waals surface area contributed by atoms with Crippen molar-refractivity contribution in [3.05, 3.63) is 33.8 Å². The van der Waals surface area contributed by atoms with Gasteiger partial charge in [0.15, 0.2) is 0 Å². The number of carbonyl (C=O) groups excluding carboxylic acids is 1. The van der Waals surface area contributed by atoms with Crippen LogP contribution in [-0.2, 0) is 10.3 Å². The van der Waals surface area contributed by atoms with E-state index in [9.17, 15) is 4.79 Å². The van der Waals surface area contributed by atoms with Crippen LogP contribution in [0.2, 0.25) is 10.0 Å². The first-order valence-electron chi connectivity index (χ1n) is 5.84. The Morgan fingerprint density at radius 2 is 2.06 bits per heavy atom. The van der Waals surface area contributed by atoms with Crippen molar-refractivity contribution in [2.75, 3.05) is 0 Å². The molecule has 0 fully saturated rings. The fraction of sp³-hybridized carbons (Fsp3) is 0.462. The fourth-order valence-corrected chi connectivity index (χ4v) is 2.00. The smallest absolute Gasteiger partial charge is 0.242 e. The van der Waals surface area contributed by atoms with Crippen LogP contribution in [0.3, 0.4) is 0 Å². The van der Waals surface area contributed by atoms with Crippen LogP contribution in [0, 0.1) is 0 Å². The summed E-state index contributed by atoms with van der Waals surface area (Å²) >= 11 is 11.9. The molecule has 100 valence electrons. The predicted molar refractivity (Wildman–Crippen MR) is 75.9 cm³/mol. The molecule has 0 saturated carbocycles. The summed E-state index contributed by atoms with van der Waals surface area (Å²) in [5.74, 6) is -0.443. The molecule has 0 aromatic heterocycles. The van der Waals surface area contributed by atoms with E-state index < -0.39 is 11.4 Å². The lowest BCUT2D eigenvalue weighted by Crippen LogP contribution is -2.53. The second kappa shape index (κ2) is 5.91. The summed E-state index contributed by atoms with van der Waals surface area (Å²) < 4.78 is 0. The summed E-state index contributed by atoms with van der Waals surface area (Å²) in [6.45, 7) is 5.79. The van der Waals surface area contributed by atoms with Gasteiger partial charge < -0.3 is 5.73 Å². The fourth-order valence-electron chi connectivity index (χ4n) is 1.70. The van der Waals surface area contributed by atoms with Gasteiger partial charge in [-0.15, -0.1) is 0 Å². The Morgan fingerprint density at radius 1 is 1.44 bits per heavy atom. The van der Waals surface area contributed by atoms with Gasteiger partial charge >= 0.3 is 0 Å². The van der Waals surface area contributed by atoms with Crippen molar-refractivity contribution in [2.24, 2.45) is 5.73 Å². The number of halogens is 2. The van der Waals surface area contributed by atoms with E-state index in [0.717, 1.165) is 6.42 Å². The standard InChI is InChI=1S/C13H18Cl2N2O/c1-4-8(2)17-13(3,12(16)18)9-5-6-10(14)11(15)7-9/h5-8,17H,4H2,1-3H3,(H2,16,18). The van der Waals surface area contributed by atoms with Gasteiger partial charge in [-0.3, -0.25) is 10.1 Å². The first-order chi connectivity index (χ1) is 8.31. The van der Waals surface area contributed by atoms with Crippen molar-refractivity contribution in [3.8, 4) is 0 Å². The van der Waals surface area contributed by atoms with E-state index in [1.807, 2.05) is 13.8 Å². The Labute approximate surface area is 118 Å². The summed E-state index contributed by atoms with van der Waals surface area (Å²) in [6, 6.07) is 5.26. The Bertz CT molecular complexity index is 451. The minimum Gasteiger partial charge on any atom is -0.368 e. The molecule has 3 N–H and O–H groups in total. The predicted octanol–water partition coefficient (Wildman–Crippen LogP) is 3.08. The number of nitrogens with one attached hydrogen (secondary N) is 1. The SMILES string of the molecule is CCC(C)NC(C)(C(N)=O)c1ccc(Cl)c(Cl)c1. The third kappa shape index (κ3) is 3.16. The maximum absolute atomic E-state index is 11.8. The average Bonchev–Trinajstić information content (AvgIpc) is 2.31. The van der Waals surface area contributed by atoms with Gasteiger partial charge in [0.1, 0.15) is 5.54 Å². The van der Waals surface area contributed by atoms with E-state index in [4.69, 9.17) is 28.9 Å². The number of primary amides is 1. The van der Waals surface area contributed by atoms with Crippen molar-refractivity contribution in [1.29, 1.82) is 0 Å². The van der Waals surface area contributed by atoms with Crippen molar-refractivity contribution >= 4 is 29.1 Å². The van der Waals surface area contributed by atoms with Crippen LogP contribution in [0.15, 0.2) is 18.2 Å². The van der Waals surface area contributed by atoms with Crippen LogP contribution in [-0.4, -0.2) is 11.9 Å². The third-order valence-corrected chi connectivity index (χ3v) is 3.88. The Morgan fingerprint density at radius 3 is 2.50 bits per heavy atom. The quantitative estimate of drug-likeness (QED) is 0.875. The van der Waals surface area contributed by atoms with E-state index in [0.29, 0.717) is 15.6 Å². The number of nitrogens with two attached hydrogens (primary N) is 1. The Kier molecular flexibility index (Phi) is 5.02. The lowest BCUT2D eigenvalue weighted by Gasteiger charge is -2.31. The second-order valence-electron chi connectivity index (χ2n) is 4.57. The molecule has 2 atom stereocenters. The van der Waals surface area contributed by atoms with Gasteiger partial charge in [0.2, 0.25) is 5.91 Å². The van der Waals surface area contributed by atoms with E-state index in [-0.39, 0.29) is 6.04 Å². The highest BCUT2D eigenvalue weighted by molar-refractivity contribution is 6.42. The van der Waals surface area contributed by atoms with Crippen LogP contribution in [0.1, 0.15) is 32.8 Å². The van der Waals surface area contributed by atoms with Gasteiger partial charge in [-0.05, 0) is 38.0 Å². The van der Waals surface area contributed by atoms with Gasteiger partial charge in [-0.2, -0.15) is 0 Å². The molecule has 0 aliphatic heterocycles. The van der Waals surface area contributed by atoms with Crippen LogP contribution in [0.25, 0.3) is 0 Å². The molecule has 2 unspecified atom stereocenters. The largest absolute Gasteiger partial charge is 0.368 e. The molecule has 1 aromatic carbocycles. The molecular formula is C13H18Cl2N2O. The molecule has 3 nitrogen and oxygen atoms in total. The highest BCUT2D eigenvalue weighted by Crippen LogP contribution is 2.29. The molecule has 0 aliphatic carbocycles. The number of amides is 1. The number of hydrogen-bond acceptors (Lipinski definition) is 2. The lowest BCUT2D eigenvalue weighted by atomic mass is 9.90. The Hall–Kier alpha value is -0.770. The molecule has 1 aromatic rings. The van der Waals surface area contributed by atoms with Gasteiger partial charge in [0.05, 0.1) is 10.0 Å². The molecule has 0 spiro atoms. The molecule has 0 radical (unpaired) electrons. The lowest BCUT2D eigenvalue weighted by molar-refractivity contribution is -0.124. The van der Waals surface area contributed by atoms with Crippen molar-refractivity contribution in [3.63, 3.8) is 0 Å². The molecule has 5 heteroatoms. The molecule has 0 bridgehead atoms. The van der Waals surface area contributed by atoms with Crippen molar-refractivity contribution in [2.45, 2.75) is 38.8 Å². The normalized spacial score (nSPS) is 16.1. The van der Waals surface area contributed by atoms with Gasteiger partial charge in [0.25, 0.3) is 0 Å². The molecular weight excluding hydrogens is 271 g/mol. The van der Waals surface area contributed by atoms with Crippen molar-refractivity contribution < 1.29 is 4.79 Å². The number of hydrogen-bond donors (Lipinski definition) is 2. The maximum atomic E-state index is 11.8. The highest BCUT2D eigenvalue weighted by atomic mass is 35.5. The Balaban J connectivity index is 3.18. The first kappa shape index (κ1) is 15.3. The highest BCUT2D eigenvalue weighted by Gasteiger charge is 2.34. The zero-order valence-electron chi connectivity index (χ0n) is 10.8. The van der Waals surface area contributed by atoms with Crippen LogP contribution in [0.5, 0.6) is 0 Å². The summed E-state index contributed by atoms with van der Waals surface area (Å²) in [6.07, 6.45) is 0.893. The van der Waals surface area contributed by atoms with E-state index in [2.05, 4.69) is 5.32 Å². The molecule has 1 amide bonds. The van der Waals surface area contributed by atoms with E-state index >= 15 is 0 Å². The van der Waals surface area contributed by atoms with E-state index in [1.54, 1.807) is 25.1 Å². The summed E-state index contributed by atoms with van der Waals surface area (Å²) in [7, 11) is 0. The number of carbonyl (C=O) groups is 1. The monoisotopic (exact) mass is 288 g/mol. The van der Waals surface area contributed by atoms with Crippen LogP contribution in [0.4, 0.5) is 0 Å². The molecule has 0 saturated heterocycles. The van der Waals surface area contributed by atoms with E-state index in [1.165, 1.54) is 0 Å². The number of benzene rings is 1. The second-order valence-corrected chi connectivity index (χ2v) is 5.39. The minimum atomic E-state index is -0.955. The summed E-state index contributed by atoms with van der Waals surface area (Å²) in [4.78, 5) is 11.8. The molecule has 0 aliphatic rings. The van der Waals surface area contributed by atoms with Gasteiger partial charge in [-0.1, -0.05) is 36.2 Å². The third-order valence-electron chi connectivity index (χ3n) is 3.14. The molecule has 18 heavy (non-hydrogen) atoms. The number of rotatable bonds is 5. The molecule has 0 heterocycles. The van der Waals surface area contributed by atoms with Gasteiger partial charge in [0, 0.05) is 6.04 Å². The maximum Gasteiger partial charge on any atom is 0.242 e. The zero-order valence-corrected chi connectivity index (χ0v) is 12.3. The molecule has 1 rings (SSSR count). The first-order valence-corrected chi connectivity index (χ1v) is 6.60. The van der Waals surface area contributed by atoms with Crippen LogP contribution < -0.4 is 11.1 Å². The summed E-state index contributed by atoms with van der Waals surface area (Å²) in [5, 5.41) is 4.09. The van der Waals surface area contributed by atoms with Gasteiger partial charge in [-0.25, -0.2) is 0 Å². The average molecular weight is 289 g/mol. The minimum absolute atomic E-state index is 0.164. The van der Waals surface area contributed by atoms with Crippen molar-refractivity contribution in [1.82, 2.24) is 5.32 Å². The van der Waals surface area contributed by atoms with Crippen LogP contribution >= 0.6 is 23.2 Å². The topological polar surface area (TPSA) is 55.1 Å². The zero-order chi connectivity index (χ0) is 13.9.